The number of carbonyl (C=O) groups excluding carboxylic acids is 1. The fourth-order valence-corrected chi connectivity index (χ4v) is 2.38. The summed E-state index contributed by atoms with van der Waals surface area (Å²) in [5.74, 6) is 0.209. The van der Waals surface area contributed by atoms with E-state index in [2.05, 4.69) is 0 Å². The van der Waals surface area contributed by atoms with Crippen molar-refractivity contribution in [1.82, 2.24) is 4.90 Å². The highest BCUT2D eigenvalue weighted by atomic mass is 35.5. The van der Waals surface area contributed by atoms with Gasteiger partial charge in [-0.05, 0) is 17.9 Å². The van der Waals surface area contributed by atoms with Gasteiger partial charge in [-0.3, -0.25) is 4.79 Å². The summed E-state index contributed by atoms with van der Waals surface area (Å²) in [5, 5.41) is 2.00. The largest absolute Gasteiger partial charge is 0.341 e. The van der Waals surface area contributed by atoms with Gasteiger partial charge in [-0.15, -0.1) is 23.7 Å². The minimum absolute atomic E-state index is 0. The minimum atomic E-state index is 0. The van der Waals surface area contributed by atoms with Crippen LogP contribution in [0.5, 0.6) is 0 Å². The molecule has 1 fully saturated rings. The van der Waals surface area contributed by atoms with Crippen LogP contribution in [0.3, 0.4) is 0 Å². The highest BCUT2D eigenvalue weighted by molar-refractivity contribution is 7.10. The molecular formula is C10H15ClN2OS. The zero-order valence-electron chi connectivity index (χ0n) is 8.39. The van der Waals surface area contributed by atoms with E-state index in [1.54, 1.807) is 11.3 Å². The lowest BCUT2D eigenvalue weighted by Crippen LogP contribution is -2.32. The molecule has 1 atom stereocenters. The molecule has 1 amide bonds. The Morgan fingerprint density at radius 3 is 3.00 bits per heavy atom. The predicted octanol–water partition coefficient (Wildman–Crippen LogP) is 1.27. The molecule has 0 bridgehead atoms. The van der Waals surface area contributed by atoms with E-state index in [9.17, 15) is 4.79 Å². The summed E-state index contributed by atoms with van der Waals surface area (Å²) in [7, 11) is 0. The van der Waals surface area contributed by atoms with Crippen LogP contribution >= 0.6 is 23.7 Å². The van der Waals surface area contributed by atoms with Crippen LogP contribution in [0.2, 0.25) is 0 Å². The number of amides is 1. The van der Waals surface area contributed by atoms with Gasteiger partial charge in [0.1, 0.15) is 0 Å². The number of halogens is 1. The number of nitrogens with two attached hydrogens (primary N) is 1. The van der Waals surface area contributed by atoms with Crippen molar-refractivity contribution in [2.24, 2.45) is 5.73 Å². The molecule has 0 saturated carbocycles. The lowest BCUT2D eigenvalue weighted by atomic mass is 10.3. The Morgan fingerprint density at radius 1 is 1.67 bits per heavy atom. The second-order valence-corrected chi connectivity index (χ2v) is 4.68. The standard InChI is InChI=1S/C10H14N2OS.ClH/c11-8-3-4-12(7-8)10(13)6-9-2-1-5-14-9;/h1-2,5,8H,3-4,6-7,11H2;1H. The van der Waals surface area contributed by atoms with Gasteiger partial charge in [-0.25, -0.2) is 0 Å². The van der Waals surface area contributed by atoms with Gasteiger partial charge in [-0.1, -0.05) is 6.07 Å². The van der Waals surface area contributed by atoms with E-state index in [0.717, 1.165) is 24.4 Å². The van der Waals surface area contributed by atoms with Crippen molar-refractivity contribution in [2.75, 3.05) is 13.1 Å². The summed E-state index contributed by atoms with van der Waals surface area (Å²) in [6, 6.07) is 4.16. The van der Waals surface area contributed by atoms with E-state index >= 15 is 0 Å². The molecule has 3 nitrogen and oxygen atoms in total. The maximum atomic E-state index is 11.7. The average molecular weight is 247 g/mol. The molecule has 1 aliphatic rings. The van der Waals surface area contributed by atoms with E-state index in [1.807, 2.05) is 22.4 Å². The van der Waals surface area contributed by atoms with Crippen LogP contribution in [-0.2, 0) is 11.2 Å². The SMILES string of the molecule is Cl.NC1CCN(C(=O)Cc2cccs2)C1. The first-order valence-electron chi connectivity index (χ1n) is 4.81. The topological polar surface area (TPSA) is 46.3 Å². The number of likely N-dealkylation sites (tertiary alicyclic amines) is 1. The van der Waals surface area contributed by atoms with Crippen molar-refractivity contribution < 1.29 is 4.79 Å². The molecule has 1 saturated heterocycles. The Labute approximate surface area is 99.7 Å². The molecule has 2 N–H and O–H groups in total. The predicted molar refractivity (Wildman–Crippen MR) is 64.4 cm³/mol. The lowest BCUT2D eigenvalue weighted by molar-refractivity contribution is -0.129. The summed E-state index contributed by atoms with van der Waals surface area (Å²) in [6.07, 6.45) is 1.47. The number of hydrogen-bond acceptors (Lipinski definition) is 3. The molecule has 0 radical (unpaired) electrons. The molecule has 0 aliphatic carbocycles. The fourth-order valence-electron chi connectivity index (χ4n) is 1.69. The Bertz CT molecular complexity index is 315. The minimum Gasteiger partial charge on any atom is -0.341 e. The van der Waals surface area contributed by atoms with E-state index in [1.165, 1.54) is 0 Å². The normalized spacial score (nSPS) is 20.1. The van der Waals surface area contributed by atoms with Crippen molar-refractivity contribution in [3.05, 3.63) is 22.4 Å². The summed E-state index contributed by atoms with van der Waals surface area (Å²) < 4.78 is 0. The number of nitrogens with zero attached hydrogens (tertiary/aromatic N) is 1. The van der Waals surface area contributed by atoms with Crippen LogP contribution < -0.4 is 5.73 Å². The molecule has 15 heavy (non-hydrogen) atoms. The van der Waals surface area contributed by atoms with Gasteiger partial charge in [0.15, 0.2) is 0 Å². The van der Waals surface area contributed by atoms with Gasteiger partial charge < -0.3 is 10.6 Å². The van der Waals surface area contributed by atoms with Gasteiger partial charge in [0.05, 0.1) is 6.42 Å². The Hall–Kier alpha value is -0.580. The quantitative estimate of drug-likeness (QED) is 0.855. The first kappa shape index (κ1) is 12.5. The zero-order chi connectivity index (χ0) is 9.97. The van der Waals surface area contributed by atoms with Crippen molar-refractivity contribution >= 4 is 29.7 Å². The van der Waals surface area contributed by atoms with Crippen LogP contribution in [0.25, 0.3) is 0 Å². The molecule has 5 heteroatoms. The maximum Gasteiger partial charge on any atom is 0.227 e. The molecule has 0 spiro atoms. The Kier molecular flexibility index (Phi) is 4.57. The van der Waals surface area contributed by atoms with Gasteiger partial charge in [0.2, 0.25) is 5.91 Å². The highest BCUT2D eigenvalue weighted by Gasteiger charge is 2.23. The van der Waals surface area contributed by atoms with E-state index in [-0.39, 0.29) is 24.4 Å². The van der Waals surface area contributed by atoms with Crippen molar-refractivity contribution in [1.29, 1.82) is 0 Å². The molecule has 1 aromatic rings. The molecule has 1 aromatic heterocycles. The second kappa shape index (κ2) is 5.49. The second-order valence-electron chi connectivity index (χ2n) is 3.64. The Balaban J connectivity index is 0.00000112. The summed E-state index contributed by atoms with van der Waals surface area (Å²) >= 11 is 1.63. The Morgan fingerprint density at radius 2 is 2.47 bits per heavy atom. The summed E-state index contributed by atoms with van der Waals surface area (Å²) in [5.41, 5.74) is 5.75. The first-order valence-corrected chi connectivity index (χ1v) is 5.69. The van der Waals surface area contributed by atoms with Gasteiger partial charge >= 0.3 is 0 Å². The fraction of sp³-hybridized carbons (Fsp3) is 0.500. The number of hydrogen-bond donors (Lipinski definition) is 1. The lowest BCUT2D eigenvalue weighted by Gasteiger charge is -2.14. The van der Waals surface area contributed by atoms with Crippen molar-refractivity contribution in [2.45, 2.75) is 18.9 Å². The molecule has 84 valence electrons. The summed E-state index contributed by atoms with van der Waals surface area (Å²) in [4.78, 5) is 14.7. The molecule has 2 rings (SSSR count). The molecule has 1 unspecified atom stereocenters. The highest BCUT2D eigenvalue weighted by Crippen LogP contribution is 2.13. The van der Waals surface area contributed by atoms with Crippen molar-refractivity contribution in [3.63, 3.8) is 0 Å². The number of rotatable bonds is 2. The average Bonchev–Trinajstić information content (AvgIpc) is 2.75. The monoisotopic (exact) mass is 246 g/mol. The summed E-state index contributed by atoms with van der Waals surface area (Å²) in [6.45, 7) is 1.55. The third-order valence-corrected chi connectivity index (χ3v) is 3.36. The van der Waals surface area contributed by atoms with Gasteiger partial charge in [0.25, 0.3) is 0 Å². The zero-order valence-corrected chi connectivity index (χ0v) is 10.0. The molecule has 0 aromatic carbocycles. The van der Waals surface area contributed by atoms with Crippen LogP contribution in [0.4, 0.5) is 0 Å². The molecular weight excluding hydrogens is 232 g/mol. The van der Waals surface area contributed by atoms with Crippen LogP contribution in [0, 0.1) is 0 Å². The van der Waals surface area contributed by atoms with Gasteiger partial charge in [-0.2, -0.15) is 0 Å². The van der Waals surface area contributed by atoms with E-state index in [4.69, 9.17) is 5.73 Å². The van der Waals surface area contributed by atoms with Crippen LogP contribution in [0.1, 0.15) is 11.3 Å². The van der Waals surface area contributed by atoms with Crippen LogP contribution in [0.15, 0.2) is 17.5 Å². The van der Waals surface area contributed by atoms with Crippen molar-refractivity contribution in [3.8, 4) is 0 Å². The molecule has 2 heterocycles. The third-order valence-electron chi connectivity index (χ3n) is 2.48. The smallest absolute Gasteiger partial charge is 0.227 e. The first-order chi connectivity index (χ1) is 6.75. The molecule has 1 aliphatic heterocycles. The number of carbonyl (C=O) groups is 1. The maximum absolute atomic E-state index is 11.7. The van der Waals surface area contributed by atoms with E-state index in [0.29, 0.717) is 6.42 Å². The number of thiophene rings is 1. The van der Waals surface area contributed by atoms with E-state index < -0.39 is 0 Å². The van der Waals surface area contributed by atoms with Crippen LogP contribution in [-0.4, -0.2) is 29.9 Å². The third kappa shape index (κ3) is 3.19. The van der Waals surface area contributed by atoms with Gasteiger partial charge in [0, 0.05) is 24.0 Å².